The van der Waals surface area contributed by atoms with Crippen LogP contribution >= 0.6 is 0 Å². The van der Waals surface area contributed by atoms with Crippen molar-refractivity contribution >= 4 is 77.6 Å². The van der Waals surface area contributed by atoms with Gasteiger partial charge in [-0.2, -0.15) is 0 Å². The van der Waals surface area contributed by atoms with Crippen molar-refractivity contribution in [2.24, 2.45) is 9.98 Å². The molecule has 0 fully saturated rings. The Balaban J connectivity index is 0.914. The van der Waals surface area contributed by atoms with Gasteiger partial charge in [0.05, 0.1) is 5.56 Å². The average molecular weight is 1380 g/mol. The summed E-state index contributed by atoms with van der Waals surface area (Å²) in [5.74, 6) is -2.40. The number of fused-ring (bicyclic) bond motifs is 6. The molecule has 0 radical (unpaired) electrons. The lowest BCUT2D eigenvalue weighted by Gasteiger charge is -2.37. The number of nitrogens with one attached hydrogen (secondary N) is 8. The van der Waals surface area contributed by atoms with E-state index >= 15 is 0 Å². The number of amides is 8. The molecule has 2 aliphatic heterocycles. The van der Waals surface area contributed by atoms with E-state index in [0.717, 1.165) is 0 Å². The molecule has 2 atom stereocenters. The maximum atomic E-state index is 14.5. The van der Waals surface area contributed by atoms with Gasteiger partial charge in [-0.25, -0.2) is 33.6 Å². The number of carbonyl (C=O) groups excluding carboxylic acids is 9. The first-order valence-corrected chi connectivity index (χ1v) is 32.4. The molecule has 7 aromatic rings. The number of alkyl carbamates (subject to hydrolysis) is 4. The zero-order valence-electron chi connectivity index (χ0n) is 56.4. The van der Waals surface area contributed by atoms with Crippen LogP contribution in [-0.4, -0.2) is 103 Å². The first-order valence-electron chi connectivity index (χ1n) is 32.4. The molecule has 1 spiro atoms. The van der Waals surface area contributed by atoms with E-state index in [0.29, 0.717) is 38.9 Å². The van der Waals surface area contributed by atoms with E-state index in [2.05, 4.69) is 52.5 Å². The normalized spacial score (nSPS) is 13.3. The molecule has 9 rings (SSSR count). The molecule has 0 unspecified atom stereocenters. The Morgan fingerprint density at radius 2 is 0.812 bits per heavy atom. The highest BCUT2D eigenvalue weighted by molar-refractivity contribution is 6.01. The summed E-state index contributed by atoms with van der Waals surface area (Å²) < 4.78 is 45.5. The topological polar surface area (TPSA) is 348 Å². The molecule has 0 aliphatic carbocycles. The molecule has 27 nitrogen and oxygen atoms in total. The molecule has 526 valence electrons. The van der Waals surface area contributed by atoms with E-state index < -0.39 is 83.2 Å². The van der Waals surface area contributed by atoms with Crippen molar-refractivity contribution in [3.8, 4) is 11.5 Å². The van der Waals surface area contributed by atoms with Crippen LogP contribution in [0, 0.1) is 0 Å². The summed E-state index contributed by atoms with van der Waals surface area (Å²) in [6.07, 6.45) is -5.55. The Morgan fingerprint density at radius 3 is 1.20 bits per heavy atom. The zero-order chi connectivity index (χ0) is 71.9. The number of carbonyl (C=O) groups is 9. The lowest BCUT2D eigenvalue weighted by Crippen LogP contribution is -2.46. The molecule has 0 bridgehead atoms. The molecular formula is C74H78N10O17. The first-order chi connectivity index (χ1) is 48.4. The minimum absolute atomic E-state index is 0.0127. The Labute approximate surface area is 582 Å². The van der Waals surface area contributed by atoms with Gasteiger partial charge in [0.15, 0.2) is 5.60 Å². The third kappa shape index (κ3) is 21.9. The maximum Gasteiger partial charge on any atom is 0.437 e. The fourth-order valence-electron chi connectivity index (χ4n) is 10.4. The summed E-state index contributed by atoms with van der Waals surface area (Å²) in [6.45, 7) is 9.56. The number of ether oxygens (including phenoxy) is 8. The minimum atomic E-state index is -1.62. The molecule has 27 heteroatoms. The minimum Gasteiger partial charge on any atom is -0.456 e. The lowest BCUT2D eigenvalue weighted by atomic mass is 9.77. The molecule has 7 aromatic carbocycles. The molecule has 2 aliphatic rings. The Kier molecular flexibility index (Phi) is 24.8. The van der Waals surface area contributed by atoms with Gasteiger partial charge in [0.2, 0.25) is 23.7 Å². The van der Waals surface area contributed by atoms with Crippen molar-refractivity contribution in [2.45, 2.75) is 123 Å². The van der Waals surface area contributed by atoms with Crippen LogP contribution in [0.3, 0.4) is 0 Å². The van der Waals surface area contributed by atoms with Gasteiger partial charge >= 0.3 is 42.5 Å². The molecule has 101 heavy (non-hydrogen) atoms. The van der Waals surface area contributed by atoms with Crippen LogP contribution < -0.4 is 47.3 Å². The van der Waals surface area contributed by atoms with Gasteiger partial charge in [0.1, 0.15) is 61.2 Å². The van der Waals surface area contributed by atoms with E-state index in [1.165, 1.54) is 12.1 Å². The van der Waals surface area contributed by atoms with E-state index in [4.69, 9.17) is 37.9 Å². The molecule has 2 heterocycles. The van der Waals surface area contributed by atoms with Crippen LogP contribution in [0.2, 0.25) is 0 Å². The number of anilines is 2. The zero-order valence-corrected chi connectivity index (χ0v) is 56.4. The summed E-state index contributed by atoms with van der Waals surface area (Å²) >= 11 is 0. The third-order valence-corrected chi connectivity index (χ3v) is 14.9. The lowest BCUT2D eigenvalue weighted by molar-refractivity contribution is -0.119. The van der Waals surface area contributed by atoms with Gasteiger partial charge < -0.3 is 69.8 Å². The highest BCUT2D eigenvalue weighted by atomic mass is 16.6. The van der Waals surface area contributed by atoms with Crippen LogP contribution in [0.5, 0.6) is 11.5 Å². The number of rotatable bonds is 22. The Morgan fingerprint density at radius 1 is 0.446 bits per heavy atom. The van der Waals surface area contributed by atoms with Crippen molar-refractivity contribution in [3.63, 3.8) is 0 Å². The monoisotopic (exact) mass is 1380 g/mol. The van der Waals surface area contributed by atoms with Gasteiger partial charge in [-0.1, -0.05) is 140 Å². The predicted octanol–water partition coefficient (Wildman–Crippen LogP) is 11.9. The summed E-state index contributed by atoms with van der Waals surface area (Å²) in [5, 5.41) is 21.7. The third-order valence-electron chi connectivity index (χ3n) is 14.9. The van der Waals surface area contributed by atoms with Crippen LogP contribution in [0.4, 0.5) is 40.1 Å². The van der Waals surface area contributed by atoms with Crippen LogP contribution in [-0.2, 0) is 74.8 Å². The number of hydrogen-bond acceptors (Lipinski definition) is 17. The molecule has 0 aromatic heterocycles. The number of aliphatic imine (C=N–C) groups is 2. The number of benzene rings is 7. The molecular weight excluding hydrogens is 1300 g/mol. The summed E-state index contributed by atoms with van der Waals surface area (Å²) in [4.78, 5) is 129. The van der Waals surface area contributed by atoms with Crippen molar-refractivity contribution in [3.05, 3.63) is 226 Å². The molecule has 8 amide bonds. The average Bonchev–Trinajstić information content (AvgIpc) is 1.61. The fraction of sp³-hybridized carbons (Fsp3) is 0.284. The number of esters is 1. The van der Waals surface area contributed by atoms with Gasteiger partial charge in [-0.05, 0) is 120 Å². The van der Waals surface area contributed by atoms with Crippen molar-refractivity contribution in [1.29, 1.82) is 0 Å². The largest absolute Gasteiger partial charge is 0.456 e. The molecule has 0 saturated heterocycles. The quantitative estimate of drug-likeness (QED) is 0.0103. The van der Waals surface area contributed by atoms with Gasteiger partial charge in [0, 0.05) is 53.3 Å². The Hall–Kier alpha value is -12.3. The summed E-state index contributed by atoms with van der Waals surface area (Å²) in [5.41, 5.74) is 1.13. The van der Waals surface area contributed by atoms with Crippen molar-refractivity contribution in [1.82, 2.24) is 31.9 Å². The van der Waals surface area contributed by atoms with Crippen LogP contribution in [0.15, 0.2) is 192 Å². The van der Waals surface area contributed by atoms with E-state index in [-0.39, 0.29) is 106 Å². The number of hydrogen-bond donors (Lipinski definition) is 8. The number of nitrogens with zero attached hydrogens (tertiary/aromatic N) is 2. The highest BCUT2D eigenvalue weighted by Gasteiger charge is 2.53. The maximum absolute atomic E-state index is 14.5. The van der Waals surface area contributed by atoms with Gasteiger partial charge in [-0.15, -0.1) is 9.98 Å². The van der Waals surface area contributed by atoms with E-state index in [1.54, 1.807) is 187 Å². The van der Waals surface area contributed by atoms with Crippen molar-refractivity contribution < 1.29 is 81.0 Å². The second-order valence-electron chi connectivity index (χ2n) is 25.0. The highest BCUT2D eigenvalue weighted by Crippen LogP contribution is 2.57. The first kappa shape index (κ1) is 73.0. The molecule has 0 saturated carbocycles. The number of guanidine groups is 2. The summed E-state index contributed by atoms with van der Waals surface area (Å²) in [6, 6.07) is 49.3. The SMILES string of the molecule is CC(C)(C)OC(=O)N[C@@H](CCCN/C(=N/C(=O)OCc1ccccc1)NC(=O)OCc1ccccc1)C(=O)Nc1ccc2c(c1)Oc1cc(NC(=O)[C@H](CCCN/C(=N/C(=O)OCc3ccccc3)NC(=O)OCc3ccccc3)NC(=O)OC(C)(C)C)ccc1C21OC(=O)c2ccccc21. The molecule has 8 N–H and O–H groups in total. The predicted molar refractivity (Wildman–Crippen MR) is 370 cm³/mol. The summed E-state index contributed by atoms with van der Waals surface area (Å²) in [7, 11) is 0. The van der Waals surface area contributed by atoms with E-state index in [1.807, 2.05) is 24.3 Å². The fourth-order valence-corrected chi connectivity index (χ4v) is 10.4. The smallest absolute Gasteiger partial charge is 0.437 e. The van der Waals surface area contributed by atoms with Crippen LogP contribution in [0.1, 0.15) is 117 Å². The van der Waals surface area contributed by atoms with Gasteiger partial charge in [-0.3, -0.25) is 20.2 Å². The second-order valence-corrected chi connectivity index (χ2v) is 25.0. The standard InChI is InChI=1S/C74H78N10O17/c1-72(2,3)100-70(92)79-57(33-21-39-75-64(81-66(88)94-43-47-23-11-7-12-24-47)82-67(89)95-44-48-25-13-8-14-26-48)61(85)77-51-35-37-55-59(41-51)98-60-42-52(36-38-56(60)74(55)54-32-20-19-31-53(54)63(87)99-74)78-62(86)58(80-71(93)101-73(4,5)6)34-22-40-76-65(83-68(90)96-45-49-27-15-9-16-28-49)84-69(91)97-46-50-29-17-10-18-30-50/h7-20,23-32,35-38,41-42,57-58H,21-22,33-34,39-40,43-46H2,1-6H3,(H,77,85)(H,78,86)(H,79,92)(H,80,93)(H2,75,81,82,88,89)(H2,76,83,84,90,91)/t57-,58-/m0/s1. The van der Waals surface area contributed by atoms with Crippen molar-refractivity contribution in [2.75, 3.05) is 23.7 Å². The van der Waals surface area contributed by atoms with E-state index in [9.17, 15) is 43.2 Å². The Bertz CT molecular complexity index is 3930. The van der Waals surface area contributed by atoms with Gasteiger partial charge in [0.25, 0.3) is 0 Å². The van der Waals surface area contributed by atoms with Crippen LogP contribution in [0.25, 0.3) is 0 Å². The second kappa shape index (κ2) is 34.3.